The highest BCUT2D eigenvalue weighted by Crippen LogP contribution is 2.25. The molecule has 0 spiro atoms. The minimum absolute atomic E-state index is 0.124. The number of aryl methyl sites for hydroxylation is 2. The van der Waals surface area contributed by atoms with E-state index in [9.17, 15) is 15.3 Å². The Morgan fingerprint density at radius 3 is 2.29 bits per heavy atom. The van der Waals surface area contributed by atoms with Gasteiger partial charge in [-0.1, -0.05) is 53.5 Å². The lowest BCUT2D eigenvalue weighted by molar-refractivity contribution is 0.962. The first-order chi connectivity index (χ1) is 13.4. The Kier molecular flexibility index (Phi) is 5.72. The average Bonchev–Trinajstić information content (AvgIpc) is 2.97. The van der Waals surface area contributed by atoms with Gasteiger partial charge < -0.3 is 0 Å². The summed E-state index contributed by atoms with van der Waals surface area (Å²) >= 11 is 13.4. The van der Waals surface area contributed by atoms with E-state index in [4.69, 9.17) is 23.2 Å². The molecular formula is C21H13Cl2N3OS. The molecule has 0 aliphatic carbocycles. The van der Waals surface area contributed by atoms with Gasteiger partial charge >= 0.3 is 0 Å². The van der Waals surface area contributed by atoms with E-state index in [2.05, 4.69) is 0 Å². The average molecular weight is 426 g/mol. The summed E-state index contributed by atoms with van der Waals surface area (Å²) in [5.74, 6) is 0. The van der Waals surface area contributed by atoms with Gasteiger partial charge in [-0.3, -0.25) is 9.36 Å². The van der Waals surface area contributed by atoms with Gasteiger partial charge in [-0.25, -0.2) is 0 Å². The molecule has 28 heavy (non-hydrogen) atoms. The van der Waals surface area contributed by atoms with Crippen molar-refractivity contribution in [3.63, 3.8) is 0 Å². The van der Waals surface area contributed by atoms with E-state index in [0.29, 0.717) is 25.8 Å². The van der Waals surface area contributed by atoms with Crippen molar-refractivity contribution in [1.29, 1.82) is 10.5 Å². The maximum atomic E-state index is 13.3. The van der Waals surface area contributed by atoms with Gasteiger partial charge in [0.25, 0.3) is 5.56 Å². The van der Waals surface area contributed by atoms with Gasteiger partial charge in [-0.2, -0.15) is 10.5 Å². The predicted octanol–water partition coefficient (Wildman–Crippen LogP) is 3.85. The minimum Gasteiger partial charge on any atom is -0.267 e. The van der Waals surface area contributed by atoms with E-state index in [-0.39, 0.29) is 15.8 Å². The van der Waals surface area contributed by atoms with Crippen LogP contribution in [0.4, 0.5) is 0 Å². The van der Waals surface area contributed by atoms with Gasteiger partial charge in [0.15, 0.2) is 5.57 Å². The molecule has 0 fully saturated rings. The van der Waals surface area contributed by atoms with Gasteiger partial charge in [-0.05, 0) is 42.7 Å². The third kappa shape index (κ3) is 3.48. The fraction of sp³-hybridized carbons (Fsp3) is 0.0952. The number of benzene rings is 2. The standard InChI is InChI=1S/C21H13Cl2N3OS/c1-12-5-3-6-13(2)19(12)26-20(27)17(28-21(26)15(10-24)11-25)9-14-7-4-8-16(22)18(14)23/h3-9H,1-2H3. The zero-order valence-electron chi connectivity index (χ0n) is 15.0. The van der Waals surface area contributed by atoms with Gasteiger partial charge in [0.05, 0.1) is 20.3 Å². The number of hydrogen-bond acceptors (Lipinski definition) is 4. The molecule has 3 rings (SSSR count). The van der Waals surface area contributed by atoms with Crippen molar-refractivity contribution in [3.05, 3.63) is 82.7 Å². The van der Waals surface area contributed by atoms with Crippen molar-refractivity contribution in [2.24, 2.45) is 0 Å². The van der Waals surface area contributed by atoms with E-state index < -0.39 is 0 Å². The lowest BCUT2D eigenvalue weighted by atomic mass is 10.1. The summed E-state index contributed by atoms with van der Waals surface area (Å²) in [5.41, 5.74) is 2.53. The predicted molar refractivity (Wildman–Crippen MR) is 113 cm³/mol. The zero-order chi connectivity index (χ0) is 20.4. The first-order valence-corrected chi connectivity index (χ1v) is 9.75. The van der Waals surface area contributed by atoms with E-state index in [1.54, 1.807) is 24.3 Å². The Labute approximate surface area is 175 Å². The third-order valence-corrected chi connectivity index (χ3v) is 6.12. The first kappa shape index (κ1) is 19.9. The Morgan fingerprint density at radius 2 is 1.68 bits per heavy atom. The summed E-state index contributed by atoms with van der Waals surface area (Å²) in [6.07, 6.45) is 1.63. The Bertz CT molecular complexity index is 1320. The van der Waals surface area contributed by atoms with Gasteiger partial charge in [0.2, 0.25) is 0 Å². The van der Waals surface area contributed by atoms with Crippen molar-refractivity contribution in [3.8, 4) is 17.8 Å². The van der Waals surface area contributed by atoms with Crippen LogP contribution in [0.25, 0.3) is 17.3 Å². The molecule has 3 aromatic rings. The minimum atomic E-state index is -0.323. The Hall–Kier alpha value is -2.83. The number of rotatable bonds is 2. The Balaban J connectivity index is 2.50. The molecule has 4 nitrogen and oxygen atoms in total. The van der Waals surface area contributed by atoms with Gasteiger partial charge in [0, 0.05) is 0 Å². The van der Waals surface area contributed by atoms with Crippen molar-refractivity contribution in [2.75, 3.05) is 0 Å². The van der Waals surface area contributed by atoms with Crippen LogP contribution in [0.5, 0.6) is 0 Å². The molecule has 138 valence electrons. The normalized spacial score (nSPS) is 11.1. The molecule has 2 aromatic carbocycles. The maximum Gasteiger partial charge on any atom is 0.273 e. The Morgan fingerprint density at radius 1 is 1.07 bits per heavy atom. The van der Waals surface area contributed by atoms with Crippen molar-refractivity contribution in [1.82, 2.24) is 4.57 Å². The van der Waals surface area contributed by atoms with Gasteiger partial charge in [0.1, 0.15) is 16.8 Å². The summed E-state index contributed by atoms with van der Waals surface area (Å²) in [4.78, 5) is 13.3. The van der Waals surface area contributed by atoms with Crippen LogP contribution in [0, 0.1) is 36.5 Å². The largest absolute Gasteiger partial charge is 0.273 e. The molecule has 0 saturated carbocycles. The van der Waals surface area contributed by atoms with Crippen LogP contribution in [0.2, 0.25) is 10.0 Å². The van der Waals surface area contributed by atoms with Crippen molar-refractivity contribution >= 4 is 46.2 Å². The van der Waals surface area contributed by atoms with Crippen LogP contribution in [0.15, 0.2) is 41.2 Å². The maximum absolute atomic E-state index is 13.3. The number of nitrogens with zero attached hydrogens (tertiary/aromatic N) is 3. The monoisotopic (exact) mass is 425 g/mol. The van der Waals surface area contributed by atoms with E-state index in [1.165, 1.54) is 4.57 Å². The van der Waals surface area contributed by atoms with Crippen LogP contribution < -0.4 is 14.8 Å². The smallest absolute Gasteiger partial charge is 0.267 e. The fourth-order valence-corrected chi connectivity index (χ4v) is 4.30. The number of hydrogen-bond donors (Lipinski definition) is 0. The SMILES string of the molecule is Cc1cccc(C)c1-n1c(=C(C#N)C#N)sc(=Cc2cccc(Cl)c2Cl)c1=O. The first-order valence-electron chi connectivity index (χ1n) is 8.17. The molecule has 0 saturated heterocycles. The van der Waals surface area contributed by atoms with E-state index >= 15 is 0 Å². The van der Waals surface area contributed by atoms with E-state index in [0.717, 1.165) is 22.5 Å². The number of para-hydroxylation sites is 1. The summed E-state index contributed by atoms with van der Waals surface area (Å²) in [7, 11) is 0. The quantitative estimate of drug-likeness (QED) is 0.625. The highest BCUT2D eigenvalue weighted by Gasteiger charge is 2.15. The summed E-state index contributed by atoms with van der Waals surface area (Å²) in [6, 6.07) is 14.6. The molecule has 0 unspecified atom stereocenters. The molecule has 7 heteroatoms. The molecule has 0 aliphatic rings. The van der Waals surface area contributed by atoms with Crippen LogP contribution >= 0.6 is 34.5 Å². The second kappa shape index (κ2) is 8.04. The molecule has 0 amide bonds. The molecule has 0 atom stereocenters. The lowest BCUT2D eigenvalue weighted by Gasteiger charge is -2.10. The molecular weight excluding hydrogens is 413 g/mol. The number of thiazole rings is 1. The zero-order valence-corrected chi connectivity index (χ0v) is 17.3. The number of halogens is 2. The second-order valence-corrected chi connectivity index (χ2v) is 7.85. The molecule has 0 aliphatic heterocycles. The molecule has 0 bridgehead atoms. The van der Waals surface area contributed by atoms with Gasteiger partial charge in [-0.15, -0.1) is 11.3 Å². The summed E-state index contributed by atoms with van der Waals surface area (Å²) < 4.78 is 2.07. The summed E-state index contributed by atoms with van der Waals surface area (Å²) in [6.45, 7) is 3.76. The molecule has 1 heterocycles. The molecule has 0 radical (unpaired) electrons. The highest BCUT2D eigenvalue weighted by molar-refractivity contribution is 7.07. The van der Waals surface area contributed by atoms with E-state index in [1.807, 2.05) is 44.2 Å². The molecule has 1 aromatic heterocycles. The second-order valence-electron chi connectivity index (χ2n) is 6.04. The third-order valence-electron chi connectivity index (χ3n) is 4.19. The number of nitriles is 2. The highest BCUT2D eigenvalue weighted by atomic mass is 35.5. The molecule has 0 N–H and O–H groups in total. The van der Waals surface area contributed by atoms with Crippen molar-refractivity contribution < 1.29 is 0 Å². The topological polar surface area (TPSA) is 69.6 Å². The number of aromatic nitrogens is 1. The van der Waals surface area contributed by atoms with Crippen LogP contribution in [-0.2, 0) is 0 Å². The summed E-state index contributed by atoms with van der Waals surface area (Å²) in [5, 5.41) is 19.5. The van der Waals surface area contributed by atoms with Crippen LogP contribution in [-0.4, -0.2) is 4.57 Å². The van der Waals surface area contributed by atoms with Crippen LogP contribution in [0.3, 0.4) is 0 Å². The van der Waals surface area contributed by atoms with Crippen LogP contribution in [0.1, 0.15) is 16.7 Å². The lowest BCUT2D eigenvalue weighted by Crippen LogP contribution is -2.31. The fourth-order valence-electron chi connectivity index (χ4n) is 2.91. The van der Waals surface area contributed by atoms with Crippen molar-refractivity contribution in [2.45, 2.75) is 13.8 Å².